The highest BCUT2D eigenvalue weighted by Gasteiger charge is 2.82. The molecule has 0 saturated heterocycles. The number of aliphatic hydroxyl groups is 1. The molecule has 6 nitrogen and oxygen atoms in total. The maximum Gasteiger partial charge on any atom is 0.287 e. The first-order chi connectivity index (χ1) is 12.2. The number of benzene rings is 1. The molecule has 0 spiro atoms. The Hall–Kier alpha value is -2.54. The van der Waals surface area contributed by atoms with Gasteiger partial charge < -0.3 is 5.11 Å². The van der Waals surface area contributed by atoms with Crippen LogP contribution in [0.3, 0.4) is 0 Å². The molecular weight excluding hydrogens is 354 g/mol. The molecule has 3 saturated carbocycles. The number of rotatable bonds is 5. The van der Waals surface area contributed by atoms with Gasteiger partial charge in [0.05, 0.1) is 18.0 Å². The third-order valence-electron chi connectivity index (χ3n) is 5.61. The lowest BCUT2D eigenvalue weighted by Crippen LogP contribution is -2.74. The van der Waals surface area contributed by atoms with Crippen molar-refractivity contribution < 1.29 is 22.7 Å². The van der Waals surface area contributed by atoms with Gasteiger partial charge in [-0.25, -0.2) is 22.2 Å². The lowest BCUT2D eigenvalue weighted by atomic mass is 9.32. The smallest absolute Gasteiger partial charge is 0.287 e. The third-order valence-corrected chi connectivity index (χ3v) is 5.61. The predicted octanol–water partition coefficient (Wildman–Crippen LogP) is 2.17. The summed E-state index contributed by atoms with van der Waals surface area (Å²) < 4.78 is 59.4. The predicted molar refractivity (Wildman–Crippen MR) is 77.3 cm³/mol. The van der Waals surface area contributed by atoms with E-state index in [4.69, 9.17) is 5.26 Å². The number of aromatic nitrogens is 4. The minimum atomic E-state index is -3.79. The van der Waals surface area contributed by atoms with Crippen molar-refractivity contribution in [3.8, 4) is 6.07 Å². The zero-order valence-corrected chi connectivity index (χ0v) is 13.3. The van der Waals surface area contributed by atoms with E-state index in [1.165, 1.54) is 0 Å². The molecule has 10 heteroatoms. The molecule has 0 radical (unpaired) electrons. The van der Waals surface area contributed by atoms with Gasteiger partial charge in [-0.3, -0.25) is 0 Å². The van der Waals surface area contributed by atoms with E-state index in [2.05, 4.69) is 15.5 Å². The largest absolute Gasteiger partial charge is 0.377 e. The summed E-state index contributed by atoms with van der Waals surface area (Å²) in [6.07, 6.45) is 0.778. The maximum absolute atomic E-state index is 15.5. The van der Waals surface area contributed by atoms with Crippen molar-refractivity contribution in [2.24, 2.45) is 10.8 Å². The number of halogens is 4. The summed E-state index contributed by atoms with van der Waals surface area (Å²) in [6.45, 7) is -0.823. The van der Waals surface area contributed by atoms with Gasteiger partial charge in [0.1, 0.15) is 18.0 Å². The fourth-order valence-electron chi connectivity index (χ4n) is 4.34. The molecule has 0 unspecified atom stereocenters. The molecule has 1 heterocycles. The lowest BCUT2D eigenvalue weighted by molar-refractivity contribution is -0.356. The summed E-state index contributed by atoms with van der Waals surface area (Å²) in [5.74, 6) is -6.03. The number of hydrogen-bond acceptors (Lipinski definition) is 5. The van der Waals surface area contributed by atoms with Gasteiger partial charge in [0.2, 0.25) is 0 Å². The minimum absolute atomic E-state index is 0.0791. The van der Waals surface area contributed by atoms with Crippen molar-refractivity contribution >= 4 is 0 Å². The molecule has 1 aromatic heterocycles. The van der Waals surface area contributed by atoms with Crippen LogP contribution in [0.1, 0.15) is 24.8 Å². The Kier molecular flexibility index (Phi) is 3.25. The molecule has 0 amide bonds. The van der Waals surface area contributed by atoms with Gasteiger partial charge in [0.25, 0.3) is 5.92 Å². The quantitative estimate of drug-likeness (QED) is 0.819. The molecule has 5 rings (SSSR count). The molecular formula is C16H13F4N5O. The van der Waals surface area contributed by atoms with Crippen LogP contribution < -0.4 is 0 Å². The van der Waals surface area contributed by atoms with E-state index in [1.54, 1.807) is 0 Å². The van der Waals surface area contributed by atoms with Crippen LogP contribution in [0, 0.1) is 33.8 Å². The fourth-order valence-corrected chi connectivity index (χ4v) is 4.34. The first kappa shape index (κ1) is 16.9. The molecule has 2 bridgehead atoms. The van der Waals surface area contributed by atoms with Gasteiger partial charge in [-0.05, 0) is 41.8 Å². The van der Waals surface area contributed by atoms with Crippen LogP contribution in [-0.2, 0) is 12.1 Å². The molecule has 3 aliphatic rings. The van der Waals surface area contributed by atoms with Crippen molar-refractivity contribution in [1.82, 2.24) is 20.2 Å². The average Bonchev–Trinajstić information content (AvgIpc) is 2.97. The Bertz CT molecular complexity index is 890. The molecule has 1 N–H and O–H groups in total. The first-order valence-corrected chi connectivity index (χ1v) is 7.85. The topological polar surface area (TPSA) is 87.6 Å². The van der Waals surface area contributed by atoms with E-state index in [0.29, 0.717) is 6.07 Å². The van der Waals surface area contributed by atoms with Gasteiger partial charge in [0.15, 0.2) is 5.60 Å². The number of tetrazole rings is 1. The second-order valence-electron chi connectivity index (χ2n) is 7.27. The highest BCUT2D eigenvalue weighted by atomic mass is 19.3. The van der Waals surface area contributed by atoms with Gasteiger partial charge >= 0.3 is 0 Å². The summed E-state index contributed by atoms with van der Waals surface area (Å²) in [4.78, 5) is 0. The Labute approximate surface area is 145 Å². The van der Waals surface area contributed by atoms with E-state index in [-0.39, 0.29) is 19.3 Å². The molecule has 3 fully saturated rings. The summed E-state index contributed by atoms with van der Waals surface area (Å²) >= 11 is 0. The standard InChI is InChI=1S/C16H13F4N5O/c17-10-1-2-11(12(18)3-10)15(26,8-25-9-22-23-24-25)16(19,20)14-4-13(5-14,6-14)7-21/h1-3,9,26H,4-6,8H2/t13?,14?,15-/m1/s1. The first-order valence-electron chi connectivity index (χ1n) is 7.85. The number of hydrogen-bond donors (Lipinski definition) is 1. The summed E-state index contributed by atoms with van der Waals surface area (Å²) in [5.41, 5.74) is -6.15. The van der Waals surface area contributed by atoms with Crippen LogP contribution in [0.5, 0.6) is 0 Å². The van der Waals surface area contributed by atoms with Crippen molar-refractivity contribution in [3.63, 3.8) is 0 Å². The lowest BCUT2D eigenvalue weighted by Gasteiger charge is -2.70. The average molecular weight is 367 g/mol. The van der Waals surface area contributed by atoms with E-state index in [9.17, 15) is 13.9 Å². The molecule has 0 aliphatic heterocycles. The monoisotopic (exact) mass is 367 g/mol. The van der Waals surface area contributed by atoms with E-state index < -0.39 is 46.1 Å². The Morgan fingerprint density at radius 3 is 2.50 bits per heavy atom. The molecule has 1 aromatic carbocycles. The molecule has 3 aliphatic carbocycles. The van der Waals surface area contributed by atoms with Crippen molar-refractivity contribution in [2.75, 3.05) is 0 Å². The summed E-state index contributed by atoms with van der Waals surface area (Å²) in [5, 5.41) is 30.2. The van der Waals surface area contributed by atoms with Crippen LogP contribution >= 0.6 is 0 Å². The molecule has 26 heavy (non-hydrogen) atoms. The SMILES string of the molecule is N#CC12CC(C(F)(F)[C@@](O)(Cn3cnnn3)c3ccc(F)cc3F)(C1)C2. The second-order valence-corrected chi connectivity index (χ2v) is 7.27. The highest BCUT2D eigenvalue weighted by molar-refractivity contribution is 5.36. The minimum Gasteiger partial charge on any atom is -0.377 e. The van der Waals surface area contributed by atoms with Crippen LogP contribution in [0.15, 0.2) is 24.5 Å². The van der Waals surface area contributed by atoms with Gasteiger partial charge in [-0.2, -0.15) is 5.26 Å². The Morgan fingerprint density at radius 2 is 1.96 bits per heavy atom. The van der Waals surface area contributed by atoms with Crippen molar-refractivity contribution in [2.45, 2.75) is 37.3 Å². The van der Waals surface area contributed by atoms with Gasteiger partial charge in [0, 0.05) is 17.0 Å². The highest BCUT2D eigenvalue weighted by Crippen LogP contribution is 2.80. The normalized spacial score (nSPS) is 29.2. The van der Waals surface area contributed by atoms with Crippen molar-refractivity contribution in [3.05, 3.63) is 41.7 Å². The van der Waals surface area contributed by atoms with Crippen LogP contribution in [0.4, 0.5) is 17.6 Å². The number of nitriles is 1. The van der Waals surface area contributed by atoms with Crippen LogP contribution in [-0.4, -0.2) is 31.2 Å². The molecule has 136 valence electrons. The summed E-state index contributed by atoms with van der Waals surface area (Å²) in [6, 6.07) is 4.06. The third kappa shape index (κ3) is 1.97. The molecule has 1 atom stereocenters. The Morgan fingerprint density at radius 1 is 1.27 bits per heavy atom. The maximum atomic E-state index is 15.5. The van der Waals surface area contributed by atoms with Gasteiger partial charge in [-0.1, -0.05) is 0 Å². The zero-order valence-electron chi connectivity index (χ0n) is 13.3. The van der Waals surface area contributed by atoms with Crippen LogP contribution in [0.2, 0.25) is 0 Å². The number of nitrogens with zero attached hydrogens (tertiary/aromatic N) is 5. The van der Waals surface area contributed by atoms with Crippen LogP contribution in [0.25, 0.3) is 0 Å². The second kappa shape index (κ2) is 5.01. The van der Waals surface area contributed by atoms with E-state index >= 15 is 8.78 Å². The van der Waals surface area contributed by atoms with E-state index in [0.717, 1.165) is 23.1 Å². The molecule has 2 aromatic rings. The Balaban J connectivity index is 1.80. The fraction of sp³-hybridized carbons (Fsp3) is 0.500. The zero-order chi connectivity index (χ0) is 18.8. The summed E-state index contributed by atoms with van der Waals surface area (Å²) in [7, 11) is 0. The van der Waals surface area contributed by atoms with Gasteiger partial charge in [-0.15, -0.1) is 5.10 Å². The van der Waals surface area contributed by atoms with Crippen molar-refractivity contribution in [1.29, 1.82) is 5.26 Å². The number of alkyl halides is 2. The van der Waals surface area contributed by atoms with E-state index in [1.807, 2.05) is 6.07 Å².